The van der Waals surface area contributed by atoms with E-state index in [1.54, 1.807) is 24.5 Å². The normalized spacial score (nSPS) is 28.3. The van der Waals surface area contributed by atoms with Gasteiger partial charge in [0.25, 0.3) is 0 Å². The lowest BCUT2D eigenvalue weighted by Crippen LogP contribution is -2.47. The van der Waals surface area contributed by atoms with Crippen molar-refractivity contribution >= 4 is 34.5 Å². The summed E-state index contributed by atoms with van der Waals surface area (Å²) >= 11 is 14.2. The van der Waals surface area contributed by atoms with E-state index in [2.05, 4.69) is 24.1 Å². The number of thiophene rings is 1. The molecule has 3 heterocycles. The van der Waals surface area contributed by atoms with Crippen molar-refractivity contribution in [1.29, 1.82) is 0 Å². The van der Waals surface area contributed by atoms with Crippen LogP contribution in [0.5, 0.6) is 10.8 Å². The molecule has 2 fully saturated rings. The van der Waals surface area contributed by atoms with Crippen molar-refractivity contribution in [2.45, 2.75) is 37.3 Å². The first-order valence-corrected chi connectivity index (χ1v) is 10.6. The summed E-state index contributed by atoms with van der Waals surface area (Å²) in [6.07, 6.45) is 3.68. The third-order valence-corrected chi connectivity index (χ3v) is 7.93. The van der Waals surface area contributed by atoms with E-state index in [0.717, 1.165) is 5.06 Å². The third kappa shape index (κ3) is 3.33. The molecule has 2 saturated heterocycles. The predicted octanol–water partition coefficient (Wildman–Crippen LogP) is 5.71. The molecule has 4 atom stereocenters. The number of benzene rings is 1. The van der Waals surface area contributed by atoms with E-state index in [0.29, 0.717) is 46.3 Å². The van der Waals surface area contributed by atoms with Gasteiger partial charge >= 0.3 is 0 Å². The lowest BCUT2D eigenvalue weighted by Gasteiger charge is -2.42. The van der Waals surface area contributed by atoms with Crippen LogP contribution in [0.2, 0.25) is 10.0 Å². The van der Waals surface area contributed by atoms with Crippen LogP contribution in [0, 0.1) is 5.92 Å². The van der Waals surface area contributed by atoms with Crippen molar-refractivity contribution in [2.24, 2.45) is 5.92 Å². The van der Waals surface area contributed by atoms with Crippen LogP contribution >= 0.6 is 34.5 Å². The molecule has 1 aromatic heterocycles. The summed E-state index contributed by atoms with van der Waals surface area (Å²) in [6, 6.07) is 11.1. The number of methoxy groups -OCH3 is 1. The van der Waals surface area contributed by atoms with E-state index in [1.165, 1.54) is 24.1 Å². The molecule has 0 N–H and O–H groups in total. The summed E-state index contributed by atoms with van der Waals surface area (Å²) in [6.45, 7) is 0.646. The van der Waals surface area contributed by atoms with Gasteiger partial charge in [-0.15, -0.1) is 11.3 Å². The predicted molar refractivity (Wildman–Crippen MR) is 108 cm³/mol. The van der Waals surface area contributed by atoms with Crippen molar-refractivity contribution in [3.63, 3.8) is 0 Å². The number of hydrogen-bond acceptors (Lipinski definition) is 4. The maximum absolute atomic E-state index is 6.31. The largest absolute Gasteiger partial charge is 0.492 e. The molecule has 140 valence electrons. The highest BCUT2D eigenvalue weighted by atomic mass is 35.5. The molecule has 1 aromatic carbocycles. The highest BCUT2D eigenvalue weighted by Crippen LogP contribution is 2.48. The summed E-state index contributed by atoms with van der Waals surface area (Å²) in [5.74, 6) is 1.59. The van der Waals surface area contributed by atoms with E-state index < -0.39 is 0 Å². The van der Waals surface area contributed by atoms with Crippen LogP contribution < -0.4 is 9.47 Å². The number of nitrogens with zero attached hydrogens (tertiary/aromatic N) is 1. The van der Waals surface area contributed by atoms with Crippen LogP contribution in [-0.4, -0.2) is 37.7 Å². The fourth-order valence-corrected chi connectivity index (χ4v) is 5.91. The summed E-state index contributed by atoms with van der Waals surface area (Å²) in [5, 5.41) is 2.01. The second-order valence-corrected chi connectivity index (χ2v) is 9.06. The van der Waals surface area contributed by atoms with E-state index in [9.17, 15) is 0 Å². The summed E-state index contributed by atoms with van der Waals surface area (Å²) < 4.78 is 11.6. The Bertz CT molecular complexity index is 781. The third-order valence-electron chi connectivity index (χ3n) is 5.95. The van der Waals surface area contributed by atoms with Crippen LogP contribution in [0.3, 0.4) is 0 Å². The van der Waals surface area contributed by atoms with Crippen LogP contribution in [0.25, 0.3) is 0 Å². The van der Waals surface area contributed by atoms with Crippen LogP contribution in [0.15, 0.2) is 30.3 Å². The Balaban J connectivity index is 1.58. The van der Waals surface area contributed by atoms with Gasteiger partial charge in [0.2, 0.25) is 0 Å². The number of rotatable bonds is 5. The highest BCUT2D eigenvalue weighted by molar-refractivity contribution is 7.13. The Morgan fingerprint density at radius 2 is 2.04 bits per heavy atom. The number of fused-ring (bicyclic) bond motifs is 2. The van der Waals surface area contributed by atoms with Gasteiger partial charge in [0.1, 0.15) is 10.8 Å². The van der Waals surface area contributed by atoms with Gasteiger partial charge in [0, 0.05) is 28.8 Å². The first-order chi connectivity index (χ1) is 12.6. The zero-order valence-electron chi connectivity index (χ0n) is 15.0. The molecule has 0 spiro atoms. The van der Waals surface area contributed by atoms with Crippen LogP contribution in [0.4, 0.5) is 0 Å². The summed E-state index contributed by atoms with van der Waals surface area (Å²) in [7, 11) is 3.99. The van der Waals surface area contributed by atoms with Crippen LogP contribution in [-0.2, 0) is 0 Å². The zero-order valence-corrected chi connectivity index (χ0v) is 17.3. The highest BCUT2D eigenvalue weighted by Gasteiger charge is 2.46. The van der Waals surface area contributed by atoms with Gasteiger partial charge < -0.3 is 14.4 Å². The van der Waals surface area contributed by atoms with Gasteiger partial charge in [0.05, 0.1) is 18.7 Å². The Morgan fingerprint density at radius 1 is 1.19 bits per heavy atom. The van der Waals surface area contributed by atoms with Gasteiger partial charge in [-0.1, -0.05) is 29.3 Å². The van der Waals surface area contributed by atoms with E-state index in [1.807, 2.05) is 12.1 Å². The van der Waals surface area contributed by atoms with Crippen molar-refractivity contribution in [2.75, 3.05) is 20.8 Å². The van der Waals surface area contributed by atoms with Crippen molar-refractivity contribution in [3.05, 3.63) is 45.3 Å². The molecule has 2 bridgehead atoms. The van der Waals surface area contributed by atoms with Gasteiger partial charge in [-0.3, -0.25) is 0 Å². The Kier molecular flexibility index (Phi) is 5.38. The molecule has 4 unspecified atom stereocenters. The molecule has 0 saturated carbocycles. The summed E-state index contributed by atoms with van der Waals surface area (Å²) in [5.41, 5.74) is 0. The summed E-state index contributed by atoms with van der Waals surface area (Å²) in [4.78, 5) is 3.95. The van der Waals surface area contributed by atoms with E-state index in [4.69, 9.17) is 32.7 Å². The molecule has 0 amide bonds. The van der Waals surface area contributed by atoms with Gasteiger partial charge in [0.15, 0.2) is 5.06 Å². The lowest BCUT2D eigenvalue weighted by molar-refractivity contribution is 0.0676. The molecule has 4 rings (SSSR count). The number of halogens is 2. The molecule has 2 aliphatic heterocycles. The first-order valence-electron chi connectivity index (χ1n) is 9.01. The minimum Gasteiger partial charge on any atom is -0.492 e. The first kappa shape index (κ1) is 18.4. The van der Waals surface area contributed by atoms with Gasteiger partial charge in [-0.25, -0.2) is 0 Å². The molecule has 2 aliphatic rings. The van der Waals surface area contributed by atoms with Crippen molar-refractivity contribution in [3.8, 4) is 10.8 Å². The molecule has 26 heavy (non-hydrogen) atoms. The lowest BCUT2D eigenvalue weighted by atomic mass is 9.80. The Morgan fingerprint density at radius 3 is 2.81 bits per heavy atom. The average molecular weight is 412 g/mol. The smallest absolute Gasteiger partial charge is 0.173 e. The quantitative estimate of drug-likeness (QED) is 0.628. The van der Waals surface area contributed by atoms with Gasteiger partial charge in [-0.05, 0) is 50.6 Å². The molecule has 3 nitrogen and oxygen atoms in total. The second kappa shape index (κ2) is 7.59. The average Bonchev–Trinajstić information content (AvgIpc) is 3.20. The fraction of sp³-hybridized carbons (Fsp3) is 0.500. The maximum atomic E-state index is 6.31. The van der Waals surface area contributed by atoms with Crippen molar-refractivity contribution in [1.82, 2.24) is 4.90 Å². The molecule has 0 aliphatic carbocycles. The standard InChI is InChI=1S/C20H23Cl2NO2S/c1-23-12-6-7-16(23)14(11-25-17-5-3-4-15(21)20(17)22)13(10-12)18-8-9-19(24-2)26-18/h3-5,8-9,12-14,16H,6-7,10-11H2,1-2H3. The van der Waals surface area contributed by atoms with Gasteiger partial charge in [-0.2, -0.15) is 0 Å². The number of piperidine rings is 1. The second-order valence-electron chi connectivity index (χ2n) is 7.19. The maximum Gasteiger partial charge on any atom is 0.173 e. The SMILES string of the molecule is COc1ccc(C2CC3CCC(C2COc2cccc(Cl)c2Cl)N3C)s1. The topological polar surface area (TPSA) is 21.7 Å². The monoisotopic (exact) mass is 411 g/mol. The Hall–Kier alpha value is -0.940. The minimum absolute atomic E-state index is 0.428. The molecular formula is C20H23Cl2NO2S. The number of ether oxygens (including phenoxy) is 2. The number of hydrogen-bond donors (Lipinski definition) is 0. The minimum atomic E-state index is 0.428. The molecule has 2 aromatic rings. The van der Waals surface area contributed by atoms with Crippen molar-refractivity contribution < 1.29 is 9.47 Å². The fourth-order valence-electron chi connectivity index (χ4n) is 4.56. The van der Waals surface area contributed by atoms with E-state index >= 15 is 0 Å². The molecular weight excluding hydrogens is 389 g/mol. The molecule has 6 heteroatoms. The Labute approximate surface area is 168 Å². The zero-order chi connectivity index (χ0) is 18.3. The molecule has 0 radical (unpaired) electrons. The van der Waals surface area contributed by atoms with Crippen LogP contribution in [0.1, 0.15) is 30.1 Å². The van der Waals surface area contributed by atoms with E-state index in [-0.39, 0.29) is 0 Å².